The summed E-state index contributed by atoms with van der Waals surface area (Å²) >= 11 is 0. The molecule has 6 heteroatoms. The summed E-state index contributed by atoms with van der Waals surface area (Å²) in [7, 11) is 3.25. The Labute approximate surface area is 165 Å². The largest absolute Gasteiger partial charge is 0.497 e. The van der Waals surface area contributed by atoms with E-state index in [0.29, 0.717) is 17.9 Å². The Morgan fingerprint density at radius 1 is 1.07 bits per heavy atom. The fourth-order valence-corrected chi connectivity index (χ4v) is 3.24. The maximum Gasteiger partial charge on any atom is 0.256 e. The Hall–Kier alpha value is -3.28. The van der Waals surface area contributed by atoms with Gasteiger partial charge in [0.2, 0.25) is 0 Å². The summed E-state index contributed by atoms with van der Waals surface area (Å²) in [5.41, 5.74) is 4.87. The van der Waals surface area contributed by atoms with E-state index in [4.69, 9.17) is 9.47 Å². The number of carbonyl (C=O) groups excluding carboxylic acids is 1. The second kappa shape index (κ2) is 8.17. The van der Waals surface area contributed by atoms with Crippen molar-refractivity contribution in [1.29, 1.82) is 0 Å². The van der Waals surface area contributed by atoms with Crippen LogP contribution in [0.2, 0.25) is 0 Å². The molecule has 0 aliphatic rings. The van der Waals surface area contributed by atoms with E-state index in [-0.39, 0.29) is 5.91 Å². The molecule has 0 atom stereocenters. The molecule has 0 aliphatic heterocycles. The standard InChI is InChI=1S/C22H25N3O3/c1-14-19(10-7-11-20(14)28-5)22(26)23-21-15(2)24-25(16(21)3)13-17-8-6-9-18(12-17)27-4/h6-12H,13H2,1-5H3,(H,23,26). The molecule has 28 heavy (non-hydrogen) atoms. The summed E-state index contributed by atoms with van der Waals surface area (Å²) in [5, 5.41) is 7.61. The Morgan fingerprint density at radius 2 is 1.82 bits per heavy atom. The van der Waals surface area contributed by atoms with Gasteiger partial charge < -0.3 is 14.8 Å². The number of nitrogens with one attached hydrogen (secondary N) is 1. The highest BCUT2D eigenvalue weighted by molar-refractivity contribution is 6.06. The predicted octanol–water partition coefficient (Wildman–Crippen LogP) is 4.13. The van der Waals surface area contributed by atoms with Crippen LogP contribution in [0.15, 0.2) is 42.5 Å². The number of carbonyl (C=O) groups is 1. The SMILES string of the molecule is COc1cccc(Cn2nc(C)c(NC(=O)c3cccc(OC)c3C)c2C)c1. The molecule has 2 aromatic carbocycles. The van der Waals surface area contributed by atoms with Gasteiger partial charge in [0.05, 0.1) is 37.8 Å². The Balaban J connectivity index is 1.85. The second-order valence-electron chi connectivity index (χ2n) is 6.64. The van der Waals surface area contributed by atoms with Gasteiger partial charge in [0.1, 0.15) is 11.5 Å². The summed E-state index contributed by atoms with van der Waals surface area (Å²) in [6.45, 7) is 6.31. The molecule has 1 aromatic heterocycles. The first-order valence-corrected chi connectivity index (χ1v) is 9.06. The first-order chi connectivity index (χ1) is 13.4. The molecule has 6 nitrogen and oxygen atoms in total. The highest BCUT2D eigenvalue weighted by atomic mass is 16.5. The van der Waals surface area contributed by atoms with Gasteiger partial charge in [0.15, 0.2) is 0 Å². The number of amides is 1. The van der Waals surface area contributed by atoms with Crippen LogP contribution in [0.5, 0.6) is 11.5 Å². The molecule has 0 aliphatic carbocycles. The van der Waals surface area contributed by atoms with Crippen molar-refractivity contribution in [3.8, 4) is 11.5 Å². The topological polar surface area (TPSA) is 65.4 Å². The Kier molecular flexibility index (Phi) is 5.68. The van der Waals surface area contributed by atoms with E-state index in [1.165, 1.54) is 0 Å². The van der Waals surface area contributed by atoms with Gasteiger partial charge in [-0.15, -0.1) is 0 Å². The van der Waals surface area contributed by atoms with Crippen LogP contribution in [0.3, 0.4) is 0 Å². The molecule has 3 aromatic rings. The van der Waals surface area contributed by atoms with Gasteiger partial charge in [-0.2, -0.15) is 5.10 Å². The minimum absolute atomic E-state index is 0.177. The second-order valence-corrected chi connectivity index (χ2v) is 6.64. The third-order valence-corrected chi connectivity index (χ3v) is 4.84. The van der Waals surface area contributed by atoms with Crippen molar-refractivity contribution < 1.29 is 14.3 Å². The molecule has 0 spiro atoms. The molecule has 0 radical (unpaired) electrons. The zero-order valence-electron chi connectivity index (χ0n) is 16.9. The van der Waals surface area contributed by atoms with Gasteiger partial charge >= 0.3 is 0 Å². The van der Waals surface area contributed by atoms with Crippen LogP contribution >= 0.6 is 0 Å². The first-order valence-electron chi connectivity index (χ1n) is 9.06. The van der Waals surface area contributed by atoms with Crippen LogP contribution in [-0.2, 0) is 6.54 Å². The number of hydrogen-bond donors (Lipinski definition) is 1. The van der Waals surface area contributed by atoms with Crippen LogP contribution in [-0.4, -0.2) is 29.9 Å². The van der Waals surface area contributed by atoms with Gasteiger partial charge in [-0.05, 0) is 50.6 Å². The van der Waals surface area contributed by atoms with Crippen molar-refractivity contribution >= 4 is 11.6 Å². The van der Waals surface area contributed by atoms with Crippen molar-refractivity contribution in [2.24, 2.45) is 0 Å². The molecule has 1 amide bonds. The summed E-state index contributed by atoms with van der Waals surface area (Å²) in [6.07, 6.45) is 0. The van der Waals surface area contributed by atoms with Crippen LogP contribution in [0, 0.1) is 20.8 Å². The summed E-state index contributed by atoms with van der Waals surface area (Å²) < 4.78 is 12.5. The Bertz CT molecular complexity index is 1010. The van der Waals surface area contributed by atoms with E-state index < -0.39 is 0 Å². The normalized spacial score (nSPS) is 10.6. The number of nitrogens with zero attached hydrogens (tertiary/aromatic N) is 2. The van der Waals surface area contributed by atoms with E-state index in [9.17, 15) is 4.79 Å². The molecule has 0 unspecified atom stereocenters. The van der Waals surface area contributed by atoms with Gasteiger partial charge in [0.25, 0.3) is 5.91 Å². The first kappa shape index (κ1) is 19.5. The number of methoxy groups -OCH3 is 2. The van der Waals surface area contributed by atoms with Crippen molar-refractivity contribution in [3.63, 3.8) is 0 Å². The lowest BCUT2D eigenvalue weighted by atomic mass is 10.1. The van der Waals surface area contributed by atoms with Crippen molar-refractivity contribution in [2.75, 3.05) is 19.5 Å². The van der Waals surface area contributed by atoms with Gasteiger partial charge in [-0.3, -0.25) is 9.48 Å². The average Bonchev–Trinajstić information content (AvgIpc) is 2.95. The van der Waals surface area contributed by atoms with Gasteiger partial charge in [0, 0.05) is 11.1 Å². The van der Waals surface area contributed by atoms with Gasteiger partial charge in [-0.1, -0.05) is 18.2 Å². The number of anilines is 1. The number of benzene rings is 2. The number of aromatic nitrogens is 2. The molecule has 3 rings (SSSR count). The minimum atomic E-state index is -0.177. The predicted molar refractivity (Wildman–Crippen MR) is 109 cm³/mol. The molecule has 146 valence electrons. The number of hydrogen-bond acceptors (Lipinski definition) is 4. The minimum Gasteiger partial charge on any atom is -0.497 e. The molecule has 0 saturated heterocycles. The highest BCUT2D eigenvalue weighted by Gasteiger charge is 2.18. The highest BCUT2D eigenvalue weighted by Crippen LogP contribution is 2.25. The maximum atomic E-state index is 12.8. The van der Waals surface area contributed by atoms with Crippen LogP contribution in [0.1, 0.15) is 32.9 Å². The molecule has 1 N–H and O–H groups in total. The van der Waals surface area contributed by atoms with Gasteiger partial charge in [-0.25, -0.2) is 0 Å². The van der Waals surface area contributed by atoms with E-state index in [0.717, 1.165) is 34.0 Å². The van der Waals surface area contributed by atoms with Crippen molar-refractivity contribution in [1.82, 2.24) is 9.78 Å². The van der Waals surface area contributed by atoms with Crippen molar-refractivity contribution in [2.45, 2.75) is 27.3 Å². The molecule has 0 fully saturated rings. The number of rotatable bonds is 6. The van der Waals surface area contributed by atoms with E-state index in [2.05, 4.69) is 10.4 Å². The fraction of sp³-hybridized carbons (Fsp3) is 0.273. The summed E-state index contributed by atoms with van der Waals surface area (Å²) in [6, 6.07) is 13.3. The average molecular weight is 379 g/mol. The van der Waals surface area contributed by atoms with E-state index in [1.54, 1.807) is 20.3 Å². The third-order valence-electron chi connectivity index (χ3n) is 4.84. The van der Waals surface area contributed by atoms with Crippen LogP contribution < -0.4 is 14.8 Å². The Morgan fingerprint density at radius 3 is 2.54 bits per heavy atom. The van der Waals surface area contributed by atoms with Crippen LogP contribution in [0.4, 0.5) is 5.69 Å². The number of ether oxygens (including phenoxy) is 2. The molecule has 0 bridgehead atoms. The zero-order chi connectivity index (χ0) is 20.3. The molecular weight excluding hydrogens is 354 g/mol. The monoisotopic (exact) mass is 379 g/mol. The quantitative estimate of drug-likeness (QED) is 0.699. The summed E-state index contributed by atoms with van der Waals surface area (Å²) in [4.78, 5) is 12.8. The van der Waals surface area contributed by atoms with Crippen LogP contribution in [0.25, 0.3) is 0 Å². The number of aryl methyl sites for hydroxylation is 1. The molecule has 1 heterocycles. The lowest BCUT2D eigenvalue weighted by Gasteiger charge is -2.11. The van der Waals surface area contributed by atoms with E-state index >= 15 is 0 Å². The lowest BCUT2D eigenvalue weighted by molar-refractivity contribution is 0.102. The lowest BCUT2D eigenvalue weighted by Crippen LogP contribution is -2.15. The van der Waals surface area contributed by atoms with E-state index in [1.807, 2.05) is 61.9 Å². The zero-order valence-corrected chi connectivity index (χ0v) is 16.9. The maximum absolute atomic E-state index is 12.8. The van der Waals surface area contributed by atoms with Crippen molar-refractivity contribution in [3.05, 3.63) is 70.5 Å². The summed E-state index contributed by atoms with van der Waals surface area (Å²) in [5.74, 6) is 1.32. The molecular formula is C22H25N3O3. The fourth-order valence-electron chi connectivity index (χ4n) is 3.24. The molecule has 0 saturated carbocycles. The smallest absolute Gasteiger partial charge is 0.256 e. The third kappa shape index (κ3) is 3.86.